The van der Waals surface area contributed by atoms with Gasteiger partial charge in [0.05, 0.1) is 0 Å². The Morgan fingerprint density at radius 3 is 2.24 bits per heavy atom. The maximum atomic E-state index is 5.93. The number of para-hydroxylation sites is 1. The highest BCUT2D eigenvalue weighted by atomic mass is 35.5. The van der Waals surface area contributed by atoms with Crippen LogP contribution in [0.25, 0.3) is 0 Å². The van der Waals surface area contributed by atoms with E-state index >= 15 is 0 Å². The third-order valence-corrected chi connectivity index (χ3v) is 3.55. The van der Waals surface area contributed by atoms with E-state index in [2.05, 4.69) is 36.5 Å². The summed E-state index contributed by atoms with van der Waals surface area (Å²) in [6, 6.07) is 20.8. The van der Waals surface area contributed by atoms with Gasteiger partial charge in [0.25, 0.3) is 0 Å². The summed E-state index contributed by atoms with van der Waals surface area (Å²) in [6.07, 6.45) is 0.904. The molecule has 1 N–H and O–H groups in total. The summed E-state index contributed by atoms with van der Waals surface area (Å²) in [7, 11) is 0. The summed E-state index contributed by atoms with van der Waals surface area (Å²) in [5, 5.41) is 3.59. The fourth-order valence-corrected chi connectivity index (χ4v) is 2.49. The predicted octanol–water partition coefficient (Wildman–Crippen LogP) is 4.41. The van der Waals surface area contributed by atoms with Gasteiger partial charge in [0.2, 0.25) is 0 Å². The topological polar surface area (TPSA) is 21.3 Å². The van der Waals surface area contributed by atoms with Gasteiger partial charge in [0, 0.05) is 18.0 Å². The molecule has 2 nitrogen and oxygen atoms in total. The number of alkyl halides is 1. The van der Waals surface area contributed by atoms with Crippen LogP contribution in [0, 0.1) is 0 Å². The largest absolute Gasteiger partial charge is 0.492 e. The lowest BCUT2D eigenvalue weighted by atomic mass is 10.0. The maximum Gasteiger partial charge on any atom is 0.119 e. The van der Waals surface area contributed by atoms with Crippen molar-refractivity contribution in [3.63, 3.8) is 0 Å². The first-order chi connectivity index (χ1) is 10.3. The molecule has 112 valence electrons. The molecule has 0 saturated carbocycles. The summed E-state index contributed by atoms with van der Waals surface area (Å²) in [4.78, 5) is 0. The standard InChI is InChI=1S/C18H22ClNO/c1-15(14-21-17-10-6-3-7-11-17)20-18(12-13-19)16-8-4-2-5-9-16/h2-11,15,18,20H,12-14H2,1H3. The molecular formula is C18H22ClNO. The van der Waals surface area contributed by atoms with E-state index in [0.29, 0.717) is 12.5 Å². The van der Waals surface area contributed by atoms with E-state index in [1.807, 2.05) is 36.4 Å². The SMILES string of the molecule is CC(COc1ccccc1)NC(CCCl)c1ccccc1. The highest BCUT2D eigenvalue weighted by molar-refractivity contribution is 6.17. The molecule has 0 heterocycles. The van der Waals surface area contributed by atoms with Crippen molar-refractivity contribution in [1.82, 2.24) is 5.32 Å². The van der Waals surface area contributed by atoms with Crippen LogP contribution in [0.5, 0.6) is 5.75 Å². The Labute approximate surface area is 132 Å². The first kappa shape index (κ1) is 15.9. The molecule has 0 aromatic heterocycles. The van der Waals surface area contributed by atoms with Gasteiger partial charge >= 0.3 is 0 Å². The first-order valence-corrected chi connectivity index (χ1v) is 7.88. The molecule has 0 spiro atoms. The van der Waals surface area contributed by atoms with Crippen molar-refractivity contribution in [2.75, 3.05) is 12.5 Å². The average Bonchev–Trinajstić information content (AvgIpc) is 2.54. The minimum absolute atomic E-state index is 0.249. The molecule has 0 aliphatic heterocycles. The van der Waals surface area contributed by atoms with Crippen molar-refractivity contribution in [3.8, 4) is 5.75 Å². The highest BCUT2D eigenvalue weighted by Gasteiger charge is 2.14. The summed E-state index contributed by atoms with van der Waals surface area (Å²) in [6.45, 7) is 2.77. The molecule has 0 aliphatic carbocycles. The van der Waals surface area contributed by atoms with Gasteiger partial charge in [-0.1, -0.05) is 48.5 Å². The van der Waals surface area contributed by atoms with Gasteiger partial charge in [-0.15, -0.1) is 11.6 Å². The molecule has 2 atom stereocenters. The smallest absolute Gasteiger partial charge is 0.119 e. The molecule has 0 saturated heterocycles. The molecule has 2 unspecified atom stereocenters. The van der Waals surface area contributed by atoms with Crippen molar-refractivity contribution in [2.24, 2.45) is 0 Å². The number of halogens is 1. The lowest BCUT2D eigenvalue weighted by Gasteiger charge is -2.23. The molecule has 2 aromatic carbocycles. The number of nitrogens with one attached hydrogen (secondary N) is 1. The Bertz CT molecular complexity index is 503. The number of rotatable bonds is 8. The van der Waals surface area contributed by atoms with Crippen LogP contribution in [0.15, 0.2) is 60.7 Å². The second-order valence-corrected chi connectivity index (χ2v) is 5.51. The molecule has 0 amide bonds. The zero-order chi connectivity index (χ0) is 14.9. The zero-order valence-corrected chi connectivity index (χ0v) is 13.1. The second-order valence-electron chi connectivity index (χ2n) is 5.13. The molecule has 0 aliphatic rings. The van der Waals surface area contributed by atoms with Gasteiger partial charge < -0.3 is 10.1 Å². The van der Waals surface area contributed by atoms with Crippen LogP contribution in [0.2, 0.25) is 0 Å². The van der Waals surface area contributed by atoms with Gasteiger partial charge in [-0.3, -0.25) is 0 Å². The lowest BCUT2D eigenvalue weighted by Crippen LogP contribution is -2.35. The molecule has 0 fully saturated rings. The molecule has 0 radical (unpaired) electrons. The summed E-state index contributed by atoms with van der Waals surface area (Å²) in [5.74, 6) is 1.54. The average molecular weight is 304 g/mol. The van der Waals surface area contributed by atoms with Crippen molar-refractivity contribution in [3.05, 3.63) is 66.2 Å². The number of benzene rings is 2. The normalized spacial score (nSPS) is 13.6. The summed E-state index contributed by atoms with van der Waals surface area (Å²) in [5.41, 5.74) is 1.27. The Kier molecular flexibility index (Phi) is 6.58. The number of hydrogen-bond donors (Lipinski definition) is 1. The van der Waals surface area contributed by atoms with Crippen molar-refractivity contribution >= 4 is 11.6 Å². The Morgan fingerprint density at radius 2 is 1.62 bits per heavy atom. The van der Waals surface area contributed by atoms with Crippen molar-refractivity contribution in [2.45, 2.75) is 25.4 Å². The van der Waals surface area contributed by atoms with Gasteiger partial charge in [0.1, 0.15) is 12.4 Å². The van der Waals surface area contributed by atoms with E-state index in [0.717, 1.165) is 12.2 Å². The van der Waals surface area contributed by atoms with Crippen molar-refractivity contribution < 1.29 is 4.74 Å². The summed E-state index contributed by atoms with van der Waals surface area (Å²) < 4.78 is 5.79. The maximum absolute atomic E-state index is 5.93. The number of ether oxygens (including phenoxy) is 1. The number of hydrogen-bond acceptors (Lipinski definition) is 2. The molecule has 2 rings (SSSR count). The lowest BCUT2D eigenvalue weighted by molar-refractivity contribution is 0.260. The fourth-order valence-electron chi connectivity index (χ4n) is 2.27. The monoisotopic (exact) mass is 303 g/mol. The van der Waals surface area contributed by atoms with Gasteiger partial charge in [-0.05, 0) is 31.0 Å². The third-order valence-electron chi connectivity index (χ3n) is 3.33. The predicted molar refractivity (Wildman–Crippen MR) is 89.1 cm³/mol. The van der Waals surface area contributed by atoms with E-state index in [-0.39, 0.29) is 12.1 Å². The van der Waals surface area contributed by atoms with E-state index in [1.54, 1.807) is 0 Å². The van der Waals surface area contributed by atoms with Crippen LogP contribution in [0.1, 0.15) is 24.9 Å². The highest BCUT2D eigenvalue weighted by Crippen LogP contribution is 2.18. The van der Waals surface area contributed by atoms with Crippen LogP contribution in [0.3, 0.4) is 0 Å². The Hall–Kier alpha value is -1.51. The van der Waals surface area contributed by atoms with Gasteiger partial charge in [-0.25, -0.2) is 0 Å². The molecular weight excluding hydrogens is 282 g/mol. The van der Waals surface area contributed by atoms with Crippen LogP contribution < -0.4 is 10.1 Å². The van der Waals surface area contributed by atoms with Gasteiger partial charge in [-0.2, -0.15) is 0 Å². The molecule has 2 aromatic rings. The molecule has 21 heavy (non-hydrogen) atoms. The molecule has 3 heteroatoms. The second kappa shape index (κ2) is 8.71. The van der Waals surface area contributed by atoms with Crippen LogP contribution >= 0.6 is 11.6 Å². The van der Waals surface area contributed by atoms with E-state index < -0.39 is 0 Å². The van der Waals surface area contributed by atoms with E-state index in [1.165, 1.54) is 5.56 Å². The third kappa shape index (κ3) is 5.41. The van der Waals surface area contributed by atoms with Crippen LogP contribution in [-0.2, 0) is 0 Å². The van der Waals surface area contributed by atoms with E-state index in [4.69, 9.17) is 16.3 Å². The van der Waals surface area contributed by atoms with Crippen LogP contribution in [0.4, 0.5) is 0 Å². The summed E-state index contributed by atoms with van der Waals surface area (Å²) >= 11 is 5.93. The van der Waals surface area contributed by atoms with Gasteiger partial charge in [0.15, 0.2) is 0 Å². The van der Waals surface area contributed by atoms with Crippen molar-refractivity contribution in [1.29, 1.82) is 0 Å². The Morgan fingerprint density at radius 1 is 1.00 bits per heavy atom. The first-order valence-electron chi connectivity index (χ1n) is 7.34. The zero-order valence-electron chi connectivity index (χ0n) is 12.3. The molecule has 0 bridgehead atoms. The minimum Gasteiger partial charge on any atom is -0.492 e. The fraction of sp³-hybridized carbons (Fsp3) is 0.333. The van der Waals surface area contributed by atoms with E-state index in [9.17, 15) is 0 Å². The minimum atomic E-state index is 0.249. The Balaban J connectivity index is 1.88. The van der Waals surface area contributed by atoms with Crippen LogP contribution in [-0.4, -0.2) is 18.5 Å². The quantitative estimate of drug-likeness (QED) is 0.729.